The smallest absolute Gasteiger partial charge is 0.323 e. The lowest BCUT2D eigenvalue weighted by Crippen LogP contribution is -2.50. The second-order valence-corrected chi connectivity index (χ2v) is 4.19. The van der Waals surface area contributed by atoms with Crippen LogP contribution in [0.1, 0.15) is 13.3 Å². The summed E-state index contributed by atoms with van der Waals surface area (Å²) < 4.78 is 19.4. The molecule has 0 aromatic carbocycles. The molecular formula is C7H15NO8Si. The summed E-state index contributed by atoms with van der Waals surface area (Å²) in [6.07, 6.45) is 0.834. The molecule has 0 N–H and O–H groups in total. The van der Waals surface area contributed by atoms with Crippen LogP contribution < -0.4 is 0 Å². The molecule has 0 aliphatic rings. The van der Waals surface area contributed by atoms with Crippen LogP contribution in [0.3, 0.4) is 0 Å². The molecule has 10 heteroatoms. The lowest BCUT2D eigenvalue weighted by Gasteiger charge is -2.24. The topological polar surface area (TPSA) is 94.0 Å². The van der Waals surface area contributed by atoms with Crippen molar-refractivity contribution < 1.29 is 37.6 Å². The molecular weight excluding hydrogens is 254 g/mol. The van der Waals surface area contributed by atoms with Crippen LogP contribution in [0, 0.1) is 0 Å². The van der Waals surface area contributed by atoms with E-state index in [4.69, 9.17) is 18.2 Å². The Labute approximate surface area is 99.4 Å². The monoisotopic (exact) mass is 269 g/mol. The summed E-state index contributed by atoms with van der Waals surface area (Å²) in [5.74, 6) is 0. The fourth-order valence-corrected chi connectivity index (χ4v) is 2.20. The maximum atomic E-state index is 10.2. The molecule has 0 rings (SSSR count). The lowest BCUT2D eigenvalue weighted by atomic mass is 10.4. The zero-order chi connectivity index (χ0) is 13.1. The van der Waals surface area contributed by atoms with Gasteiger partial charge in [-0.2, -0.15) is 18.7 Å². The molecule has 0 bridgehead atoms. The molecule has 0 amide bonds. The number of rotatable bonds is 10. The van der Waals surface area contributed by atoms with Gasteiger partial charge in [0.25, 0.3) is 0 Å². The van der Waals surface area contributed by atoms with Crippen LogP contribution in [0.5, 0.6) is 0 Å². The molecule has 1 atom stereocenters. The zero-order valence-electron chi connectivity index (χ0n) is 10.00. The number of hydrogen-bond donors (Lipinski definition) is 0. The average Bonchev–Trinajstić information content (AvgIpc) is 2.29. The number of isocyanates is 1. The first-order valence-corrected chi connectivity index (χ1v) is 6.21. The SMILES string of the molecule is CCC(N=C=O)O[Si](OOC)(OOC)OOC. The molecule has 0 fully saturated rings. The van der Waals surface area contributed by atoms with Gasteiger partial charge in [0, 0.05) is 0 Å². The highest BCUT2D eigenvalue weighted by Crippen LogP contribution is 2.17. The molecule has 0 aliphatic carbocycles. The number of carbonyl (C=O) groups excluding carboxylic acids is 1. The first-order valence-electron chi connectivity index (χ1n) is 4.58. The van der Waals surface area contributed by atoms with Crippen LogP contribution in [-0.4, -0.2) is 42.7 Å². The number of nitrogens with zero attached hydrogens (tertiary/aromatic N) is 1. The molecule has 0 spiro atoms. The first kappa shape index (κ1) is 16.3. The zero-order valence-corrected chi connectivity index (χ0v) is 11.0. The van der Waals surface area contributed by atoms with E-state index in [0.717, 1.165) is 0 Å². The van der Waals surface area contributed by atoms with Gasteiger partial charge in [0.05, 0.1) is 21.3 Å². The third-order valence-corrected chi connectivity index (χ3v) is 3.06. The van der Waals surface area contributed by atoms with Crippen molar-refractivity contribution in [2.45, 2.75) is 19.6 Å². The summed E-state index contributed by atoms with van der Waals surface area (Å²) in [5.41, 5.74) is 0. The maximum absolute atomic E-state index is 10.2. The highest BCUT2D eigenvalue weighted by molar-refractivity contribution is 6.52. The summed E-state index contributed by atoms with van der Waals surface area (Å²) in [7, 11) is -0.210. The second kappa shape index (κ2) is 9.36. The fourth-order valence-electron chi connectivity index (χ4n) is 0.833. The van der Waals surface area contributed by atoms with Crippen molar-refractivity contribution in [2.24, 2.45) is 4.99 Å². The Morgan fingerprint density at radius 1 is 1.12 bits per heavy atom. The third-order valence-electron chi connectivity index (χ3n) is 1.38. The van der Waals surface area contributed by atoms with Gasteiger partial charge in [-0.1, -0.05) is 6.92 Å². The van der Waals surface area contributed by atoms with Crippen LogP contribution in [0.25, 0.3) is 0 Å². The fraction of sp³-hybridized carbons (Fsp3) is 0.857. The molecule has 100 valence electrons. The minimum atomic E-state index is -3.86. The van der Waals surface area contributed by atoms with Crippen LogP contribution in [0.15, 0.2) is 4.99 Å². The quantitative estimate of drug-likeness (QED) is 0.183. The van der Waals surface area contributed by atoms with E-state index in [2.05, 4.69) is 19.7 Å². The Morgan fingerprint density at radius 3 is 1.88 bits per heavy atom. The molecule has 0 saturated carbocycles. The Hall–Kier alpha value is -0.683. The van der Waals surface area contributed by atoms with Crippen LogP contribution >= 0.6 is 0 Å². The summed E-state index contributed by atoms with van der Waals surface area (Å²) >= 11 is 0. The van der Waals surface area contributed by atoms with Crippen molar-refractivity contribution >= 4 is 15.1 Å². The molecule has 0 aromatic rings. The molecule has 17 heavy (non-hydrogen) atoms. The first-order chi connectivity index (χ1) is 8.17. The van der Waals surface area contributed by atoms with Gasteiger partial charge in [-0.15, -0.1) is 0 Å². The Balaban J connectivity index is 4.77. The van der Waals surface area contributed by atoms with Crippen LogP contribution in [0.2, 0.25) is 0 Å². The molecule has 1 unspecified atom stereocenters. The normalized spacial score (nSPS) is 13.2. The second-order valence-electron chi connectivity index (χ2n) is 2.45. The van der Waals surface area contributed by atoms with Crippen LogP contribution in [0.4, 0.5) is 0 Å². The van der Waals surface area contributed by atoms with Gasteiger partial charge in [0.15, 0.2) is 6.23 Å². The van der Waals surface area contributed by atoms with Gasteiger partial charge in [0.2, 0.25) is 6.08 Å². The van der Waals surface area contributed by atoms with Crippen molar-refractivity contribution in [1.29, 1.82) is 0 Å². The standard InChI is InChI=1S/C7H15NO8Si/c1-5-7(8-6-9)13-17(14-10-2,15-11-3)16-12-4/h7H,5H2,1-4H3. The van der Waals surface area contributed by atoms with E-state index < -0.39 is 15.3 Å². The van der Waals surface area contributed by atoms with Gasteiger partial charge >= 0.3 is 9.05 Å². The van der Waals surface area contributed by atoms with Crippen molar-refractivity contribution in [3.05, 3.63) is 0 Å². The van der Waals surface area contributed by atoms with Gasteiger partial charge < -0.3 is 4.43 Å². The van der Waals surface area contributed by atoms with Crippen LogP contribution in [-0.2, 0) is 37.6 Å². The molecule has 0 aromatic heterocycles. The van der Waals surface area contributed by atoms with Crippen molar-refractivity contribution in [3.8, 4) is 0 Å². The predicted octanol–water partition coefficient (Wildman–Crippen LogP) is 0.244. The van der Waals surface area contributed by atoms with Gasteiger partial charge in [-0.05, 0) is 6.42 Å². The minimum Gasteiger partial charge on any atom is -0.323 e. The molecule has 0 aliphatic heterocycles. The highest BCUT2D eigenvalue weighted by Gasteiger charge is 2.53. The number of aliphatic imine (C=N–C) groups is 1. The highest BCUT2D eigenvalue weighted by atomic mass is 28.4. The Kier molecular flexibility index (Phi) is 8.98. The van der Waals surface area contributed by atoms with E-state index in [1.165, 1.54) is 27.4 Å². The van der Waals surface area contributed by atoms with E-state index in [9.17, 15) is 4.79 Å². The average molecular weight is 269 g/mol. The van der Waals surface area contributed by atoms with E-state index >= 15 is 0 Å². The Bertz CT molecular complexity index is 229. The van der Waals surface area contributed by atoms with Crippen molar-refractivity contribution in [3.63, 3.8) is 0 Å². The predicted molar refractivity (Wildman–Crippen MR) is 53.3 cm³/mol. The van der Waals surface area contributed by atoms with E-state index in [1.54, 1.807) is 6.92 Å². The molecule has 0 heterocycles. The largest absolute Gasteiger partial charge is 0.766 e. The maximum Gasteiger partial charge on any atom is 0.766 e. The molecule has 9 nitrogen and oxygen atoms in total. The Morgan fingerprint density at radius 2 is 1.59 bits per heavy atom. The van der Waals surface area contributed by atoms with Gasteiger partial charge in [-0.25, -0.2) is 19.5 Å². The lowest BCUT2D eigenvalue weighted by molar-refractivity contribution is -0.373. The minimum absolute atomic E-state index is 0.358. The summed E-state index contributed by atoms with van der Waals surface area (Å²) in [5, 5.41) is 0. The summed E-state index contributed by atoms with van der Waals surface area (Å²) in [4.78, 5) is 26.8. The summed E-state index contributed by atoms with van der Waals surface area (Å²) in [6, 6.07) is 0. The van der Waals surface area contributed by atoms with E-state index in [0.29, 0.717) is 6.42 Å². The summed E-state index contributed by atoms with van der Waals surface area (Å²) in [6.45, 7) is 1.72. The molecule has 0 saturated heterocycles. The van der Waals surface area contributed by atoms with Crippen molar-refractivity contribution in [2.75, 3.05) is 21.3 Å². The van der Waals surface area contributed by atoms with Gasteiger partial charge in [0.1, 0.15) is 0 Å². The van der Waals surface area contributed by atoms with E-state index in [1.807, 2.05) is 0 Å². The third kappa shape index (κ3) is 5.98. The molecule has 0 radical (unpaired) electrons. The van der Waals surface area contributed by atoms with E-state index in [-0.39, 0.29) is 0 Å². The van der Waals surface area contributed by atoms with Crippen molar-refractivity contribution in [1.82, 2.24) is 0 Å². The van der Waals surface area contributed by atoms with Gasteiger partial charge in [-0.3, -0.25) is 0 Å². The number of hydrogen-bond acceptors (Lipinski definition) is 9.